The molecule has 118 valence electrons. The van der Waals surface area contributed by atoms with Crippen LogP contribution in [0.3, 0.4) is 0 Å². The van der Waals surface area contributed by atoms with E-state index in [1.54, 1.807) is 18.2 Å². The number of nitrogens with one attached hydrogen (secondary N) is 1. The van der Waals surface area contributed by atoms with Crippen molar-refractivity contribution in [2.75, 3.05) is 32.8 Å². The molecule has 2 saturated heterocycles. The Balaban J connectivity index is 1.59. The maximum Gasteiger partial charge on any atom is 0.408 e. The lowest BCUT2D eigenvalue weighted by Crippen LogP contribution is -2.39. The van der Waals surface area contributed by atoms with E-state index < -0.39 is 31.2 Å². The molecule has 0 radical (unpaired) electrons. The average molecular weight is 308 g/mol. The molecule has 3 heterocycles. The van der Waals surface area contributed by atoms with Gasteiger partial charge in [-0.15, -0.1) is 0 Å². The minimum absolute atomic E-state index is 0.00481. The number of likely N-dealkylation sites (tertiary alicyclic amines) is 1. The molecule has 2 fully saturated rings. The molecular formula is C16H20N2O4. The zero-order valence-corrected chi connectivity index (χ0v) is 12.0. The lowest BCUT2D eigenvalue weighted by atomic mass is 10.0. The summed E-state index contributed by atoms with van der Waals surface area (Å²) in [5.41, 5.74) is 0.693. The van der Waals surface area contributed by atoms with Crippen molar-refractivity contribution < 1.29 is 24.5 Å². The standard InChI is InChI=1S/C16H20N2O4/c19-16-17-12(10-18-5-1-2-6-18)15(22-16)11-3-4-13-14(9-11)21-8-7-20-13/h3-4,9,12,15H,1-2,5-8,10H2,(H,17,19)/t12-,15-/m1/s1/i5D2,6D2. The molecular weight excluding hydrogens is 284 g/mol. The Morgan fingerprint density at radius 2 is 2.00 bits per heavy atom. The zero-order valence-electron chi connectivity index (χ0n) is 16.0. The fourth-order valence-corrected chi connectivity index (χ4v) is 2.90. The number of carbonyl (C=O) groups is 1. The Labute approximate surface area is 134 Å². The predicted octanol–water partition coefficient (Wildman–Crippen LogP) is 1.70. The van der Waals surface area contributed by atoms with Gasteiger partial charge in [-0.2, -0.15) is 0 Å². The van der Waals surface area contributed by atoms with Crippen LogP contribution in [0.15, 0.2) is 18.2 Å². The Morgan fingerprint density at radius 3 is 2.82 bits per heavy atom. The lowest BCUT2D eigenvalue weighted by Gasteiger charge is -2.24. The topological polar surface area (TPSA) is 60.0 Å². The molecule has 1 amide bonds. The summed E-state index contributed by atoms with van der Waals surface area (Å²) in [7, 11) is 0. The van der Waals surface area contributed by atoms with Gasteiger partial charge in [0.2, 0.25) is 0 Å². The molecule has 3 aliphatic rings. The van der Waals surface area contributed by atoms with Gasteiger partial charge in [-0.1, -0.05) is 6.07 Å². The molecule has 2 atom stereocenters. The fourth-order valence-electron chi connectivity index (χ4n) is 2.90. The van der Waals surface area contributed by atoms with E-state index >= 15 is 0 Å². The molecule has 0 bridgehead atoms. The zero-order chi connectivity index (χ0) is 18.5. The molecule has 1 N–H and O–H groups in total. The Hall–Kier alpha value is -1.95. The van der Waals surface area contributed by atoms with Crippen molar-refractivity contribution in [1.82, 2.24) is 10.2 Å². The molecule has 1 aromatic carbocycles. The molecule has 0 aliphatic carbocycles. The third-order valence-corrected chi connectivity index (χ3v) is 3.91. The van der Waals surface area contributed by atoms with Crippen molar-refractivity contribution in [3.8, 4) is 11.5 Å². The van der Waals surface area contributed by atoms with E-state index in [0.717, 1.165) is 0 Å². The second kappa shape index (κ2) is 5.68. The van der Waals surface area contributed by atoms with Gasteiger partial charge in [0.05, 0.1) is 6.04 Å². The largest absolute Gasteiger partial charge is 0.486 e. The summed E-state index contributed by atoms with van der Waals surface area (Å²) in [5.74, 6) is 1.20. The van der Waals surface area contributed by atoms with E-state index in [9.17, 15) is 4.79 Å². The second-order valence-corrected chi connectivity index (χ2v) is 5.41. The van der Waals surface area contributed by atoms with Gasteiger partial charge in [-0.05, 0) is 43.5 Å². The monoisotopic (exact) mass is 308 g/mol. The van der Waals surface area contributed by atoms with Crippen LogP contribution in [0.25, 0.3) is 0 Å². The van der Waals surface area contributed by atoms with E-state index in [0.29, 0.717) is 30.3 Å². The summed E-state index contributed by atoms with van der Waals surface area (Å²) in [5, 5.41) is 2.68. The highest BCUT2D eigenvalue weighted by molar-refractivity contribution is 5.70. The number of amides is 1. The van der Waals surface area contributed by atoms with Gasteiger partial charge in [0.1, 0.15) is 13.2 Å². The van der Waals surface area contributed by atoms with Crippen LogP contribution in [0.4, 0.5) is 4.79 Å². The number of benzene rings is 1. The smallest absolute Gasteiger partial charge is 0.408 e. The summed E-state index contributed by atoms with van der Waals surface area (Å²) < 4.78 is 48.7. The average Bonchev–Trinajstić information content (AvgIpc) is 3.07. The molecule has 6 nitrogen and oxygen atoms in total. The van der Waals surface area contributed by atoms with E-state index in [-0.39, 0.29) is 19.4 Å². The van der Waals surface area contributed by atoms with E-state index in [4.69, 9.17) is 19.7 Å². The molecule has 22 heavy (non-hydrogen) atoms. The summed E-state index contributed by atoms with van der Waals surface area (Å²) in [6, 6.07) is 4.70. The van der Waals surface area contributed by atoms with Gasteiger partial charge in [0, 0.05) is 12.0 Å². The maximum atomic E-state index is 11.8. The Morgan fingerprint density at radius 1 is 1.23 bits per heavy atom. The molecule has 6 heteroatoms. The number of ether oxygens (including phenoxy) is 3. The number of hydrogen-bond donors (Lipinski definition) is 1. The normalized spacial score (nSPS) is 34.8. The molecule has 0 unspecified atom stereocenters. The molecule has 1 aromatic rings. The van der Waals surface area contributed by atoms with Gasteiger partial charge in [0.25, 0.3) is 0 Å². The first-order valence-electron chi connectivity index (χ1n) is 9.41. The van der Waals surface area contributed by atoms with Crippen LogP contribution in [-0.2, 0) is 4.74 Å². The van der Waals surface area contributed by atoms with Crippen LogP contribution < -0.4 is 14.8 Å². The van der Waals surface area contributed by atoms with E-state index in [2.05, 4.69) is 5.32 Å². The van der Waals surface area contributed by atoms with E-state index in [1.165, 1.54) is 4.90 Å². The van der Waals surface area contributed by atoms with Gasteiger partial charge in [-0.3, -0.25) is 0 Å². The highest BCUT2D eigenvalue weighted by Crippen LogP contribution is 2.36. The number of cyclic esters (lactones) is 1. The third-order valence-electron chi connectivity index (χ3n) is 3.91. The fraction of sp³-hybridized carbons (Fsp3) is 0.562. The quantitative estimate of drug-likeness (QED) is 0.921. The van der Waals surface area contributed by atoms with Crippen molar-refractivity contribution >= 4 is 6.09 Å². The number of alkyl carbamates (subject to hydrolysis) is 1. The Bertz CT molecular complexity index is 714. The van der Waals surface area contributed by atoms with Crippen molar-refractivity contribution in [2.45, 2.75) is 25.0 Å². The van der Waals surface area contributed by atoms with Crippen LogP contribution in [0, 0.1) is 0 Å². The highest BCUT2D eigenvalue weighted by Gasteiger charge is 2.37. The van der Waals surface area contributed by atoms with Crippen LogP contribution in [0.5, 0.6) is 11.5 Å². The molecule has 3 aliphatic heterocycles. The van der Waals surface area contributed by atoms with Gasteiger partial charge >= 0.3 is 6.09 Å². The summed E-state index contributed by atoms with van der Waals surface area (Å²) in [4.78, 5) is 13.0. The number of fused-ring (bicyclic) bond motifs is 1. The van der Waals surface area contributed by atoms with Crippen molar-refractivity contribution in [1.29, 1.82) is 0 Å². The number of carbonyl (C=O) groups excluding carboxylic acids is 1. The maximum absolute atomic E-state index is 11.8. The van der Waals surface area contributed by atoms with Gasteiger partial charge in [-0.25, -0.2) is 4.79 Å². The molecule has 0 saturated carbocycles. The van der Waals surface area contributed by atoms with Crippen molar-refractivity contribution in [3.63, 3.8) is 0 Å². The highest BCUT2D eigenvalue weighted by atomic mass is 16.6. The van der Waals surface area contributed by atoms with Crippen molar-refractivity contribution in [3.05, 3.63) is 23.8 Å². The third kappa shape index (κ3) is 2.59. The minimum atomic E-state index is -1.77. The van der Waals surface area contributed by atoms with Crippen molar-refractivity contribution in [2.24, 2.45) is 0 Å². The number of rotatable bonds is 3. The SMILES string of the molecule is [2H]C1([2H])CCC([2H])([2H])N1C[C@H]1NC(=O)O[C@@H]1c1ccc2c(c1)OCCO2. The Kier molecular flexibility index (Phi) is 2.57. The van der Waals surface area contributed by atoms with Gasteiger partial charge < -0.3 is 24.4 Å². The molecule has 0 aromatic heterocycles. The van der Waals surface area contributed by atoms with E-state index in [1.807, 2.05) is 0 Å². The second-order valence-electron chi connectivity index (χ2n) is 5.41. The number of hydrogen-bond acceptors (Lipinski definition) is 5. The predicted molar refractivity (Wildman–Crippen MR) is 79.3 cm³/mol. The van der Waals surface area contributed by atoms with Crippen LogP contribution >= 0.6 is 0 Å². The van der Waals surface area contributed by atoms with Crippen LogP contribution in [0.2, 0.25) is 0 Å². The first-order valence-corrected chi connectivity index (χ1v) is 7.41. The minimum Gasteiger partial charge on any atom is -0.486 e. The number of nitrogens with zero attached hydrogens (tertiary/aromatic N) is 1. The lowest BCUT2D eigenvalue weighted by molar-refractivity contribution is 0.124. The van der Waals surface area contributed by atoms with Crippen LogP contribution in [0.1, 0.15) is 30.0 Å². The summed E-state index contributed by atoms with van der Waals surface area (Å²) in [6.07, 6.45) is -1.05. The summed E-state index contributed by atoms with van der Waals surface area (Å²) in [6.45, 7) is -2.61. The van der Waals surface area contributed by atoms with Crippen LogP contribution in [-0.4, -0.2) is 49.8 Å². The molecule has 4 rings (SSSR count). The molecule has 0 spiro atoms. The van der Waals surface area contributed by atoms with Gasteiger partial charge in [0.15, 0.2) is 17.6 Å². The first-order chi connectivity index (χ1) is 12.3. The first kappa shape index (κ1) is 9.94. The summed E-state index contributed by atoms with van der Waals surface area (Å²) >= 11 is 0.